The Morgan fingerprint density at radius 2 is 1.93 bits per heavy atom. The van der Waals surface area contributed by atoms with E-state index in [1.54, 1.807) is 12.0 Å². The van der Waals surface area contributed by atoms with Gasteiger partial charge in [-0.15, -0.1) is 12.4 Å². The minimum absolute atomic E-state index is 0. The highest BCUT2D eigenvalue weighted by Gasteiger charge is 2.33. The zero-order valence-electron chi connectivity index (χ0n) is 16.6. The molecule has 0 aliphatic carbocycles. The third-order valence-electron chi connectivity index (χ3n) is 5.39. The van der Waals surface area contributed by atoms with Crippen molar-refractivity contribution in [2.75, 3.05) is 40.3 Å². The molecule has 2 aromatic carbocycles. The first-order valence-corrected chi connectivity index (χ1v) is 9.45. The Bertz CT molecular complexity index is 756. The Hall–Kier alpha value is -2.08. The first-order valence-electron chi connectivity index (χ1n) is 9.45. The molecule has 2 atom stereocenters. The Morgan fingerprint density at radius 1 is 1.18 bits per heavy atom. The summed E-state index contributed by atoms with van der Waals surface area (Å²) in [6.07, 6.45) is 0. The van der Waals surface area contributed by atoms with Crippen LogP contribution in [0.1, 0.15) is 17.0 Å². The number of methoxy groups -OCH3 is 1. The summed E-state index contributed by atoms with van der Waals surface area (Å²) in [7, 11) is 3.51. The second-order valence-electron chi connectivity index (χ2n) is 7.31. The van der Waals surface area contributed by atoms with Crippen molar-refractivity contribution in [3.63, 3.8) is 0 Å². The zero-order chi connectivity index (χ0) is 19.2. The summed E-state index contributed by atoms with van der Waals surface area (Å²) in [4.78, 5) is 16.7. The third-order valence-corrected chi connectivity index (χ3v) is 5.39. The molecule has 0 spiro atoms. The zero-order valence-corrected chi connectivity index (χ0v) is 17.4. The molecule has 0 radical (unpaired) electrons. The van der Waals surface area contributed by atoms with Gasteiger partial charge in [0.25, 0.3) is 0 Å². The molecular formula is C22H30ClN3O2. The number of nitrogens with zero attached hydrogens (tertiary/aromatic N) is 2. The number of ether oxygens (including phenoxy) is 1. The lowest BCUT2D eigenvalue weighted by molar-refractivity contribution is -0.131. The third kappa shape index (κ3) is 5.47. The van der Waals surface area contributed by atoms with E-state index in [0.29, 0.717) is 31.5 Å². The standard InChI is InChI=1S/C22H29N3O2.ClH/c1-24(13-17-7-6-10-20(11-17)27-2)22(26)16-25-14-19(12-23)21(15-25)18-8-4-3-5-9-18;/h3-11,19,21H,12-16,23H2,1-2H3;1H/t19-,21+;/m1./s1. The molecule has 28 heavy (non-hydrogen) atoms. The molecule has 1 saturated heterocycles. The van der Waals surface area contributed by atoms with Gasteiger partial charge in [-0.3, -0.25) is 9.69 Å². The van der Waals surface area contributed by atoms with Gasteiger partial charge in [0.05, 0.1) is 13.7 Å². The van der Waals surface area contributed by atoms with E-state index in [0.717, 1.165) is 24.4 Å². The van der Waals surface area contributed by atoms with Gasteiger partial charge in [-0.2, -0.15) is 0 Å². The molecule has 1 aliphatic heterocycles. The van der Waals surface area contributed by atoms with E-state index in [-0.39, 0.29) is 18.3 Å². The lowest BCUT2D eigenvalue weighted by Gasteiger charge is -2.22. The van der Waals surface area contributed by atoms with Crippen LogP contribution in [0.4, 0.5) is 0 Å². The van der Waals surface area contributed by atoms with E-state index in [1.807, 2.05) is 37.4 Å². The SMILES string of the molecule is COc1cccc(CN(C)C(=O)CN2C[C@@H](CN)[C@H](c3ccccc3)C2)c1.Cl. The van der Waals surface area contributed by atoms with Gasteiger partial charge in [0, 0.05) is 32.6 Å². The topological polar surface area (TPSA) is 58.8 Å². The van der Waals surface area contributed by atoms with Crippen molar-refractivity contribution in [1.82, 2.24) is 9.80 Å². The second kappa shape index (κ2) is 10.5. The van der Waals surface area contributed by atoms with Crippen LogP contribution >= 0.6 is 12.4 Å². The van der Waals surface area contributed by atoms with Crippen LogP contribution in [0.2, 0.25) is 0 Å². The summed E-state index contributed by atoms with van der Waals surface area (Å²) in [5, 5.41) is 0. The first kappa shape index (κ1) is 22.2. The quantitative estimate of drug-likeness (QED) is 0.772. The number of hydrogen-bond acceptors (Lipinski definition) is 4. The van der Waals surface area contributed by atoms with Crippen LogP contribution in [0, 0.1) is 5.92 Å². The van der Waals surface area contributed by atoms with Crippen molar-refractivity contribution in [3.05, 3.63) is 65.7 Å². The van der Waals surface area contributed by atoms with Crippen molar-refractivity contribution in [1.29, 1.82) is 0 Å². The average Bonchev–Trinajstić information content (AvgIpc) is 3.11. The summed E-state index contributed by atoms with van der Waals surface area (Å²) in [6.45, 7) is 3.40. The summed E-state index contributed by atoms with van der Waals surface area (Å²) >= 11 is 0. The second-order valence-corrected chi connectivity index (χ2v) is 7.31. The number of carbonyl (C=O) groups excluding carboxylic acids is 1. The van der Waals surface area contributed by atoms with Crippen molar-refractivity contribution in [2.24, 2.45) is 11.7 Å². The van der Waals surface area contributed by atoms with Crippen LogP contribution in [-0.2, 0) is 11.3 Å². The average molecular weight is 404 g/mol. The summed E-state index contributed by atoms with van der Waals surface area (Å²) in [6, 6.07) is 18.3. The molecule has 6 heteroatoms. The van der Waals surface area contributed by atoms with Crippen LogP contribution in [-0.4, -0.2) is 56.0 Å². The van der Waals surface area contributed by atoms with Gasteiger partial charge in [-0.05, 0) is 35.7 Å². The van der Waals surface area contributed by atoms with Crippen LogP contribution in [0.3, 0.4) is 0 Å². The number of hydrogen-bond donors (Lipinski definition) is 1. The van der Waals surface area contributed by atoms with E-state index in [9.17, 15) is 4.79 Å². The monoisotopic (exact) mass is 403 g/mol. The maximum atomic E-state index is 12.7. The van der Waals surface area contributed by atoms with Crippen LogP contribution in [0.5, 0.6) is 5.75 Å². The van der Waals surface area contributed by atoms with Gasteiger partial charge < -0.3 is 15.4 Å². The van der Waals surface area contributed by atoms with Crippen molar-refractivity contribution >= 4 is 18.3 Å². The lowest BCUT2D eigenvalue weighted by Crippen LogP contribution is -2.37. The first-order chi connectivity index (χ1) is 13.1. The Kier molecular flexibility index (Phi) is 8.30. The lowest BCUT2D eigenvalue weighted by atomic mass is 9.89. The van der Waals surface area contributed by atoms with Gasteiger partial charge in [-0.25, -0.2) is 0 Å². The van der Waals surface area contributed by atoms with E-state index >= 15 is 0 Å². The van der Waals surface area contributed by atoms with Gasteiger partial charge in [-0.1, -0.05) is 42.5 Å². The molecule has 0 aromatic heterocycles. The fraction of sp³-hybridized carbons (Fsp3) is 0.409. The molecule has 5 nitrogen and oxygen atoms in total. The van der Waals surface area contributed by atoms with Gasteiger partial charge in [0.1, 0.15) is 5.75 Å². The van der Waals surface area contributed by atoms with Crippen molar-refractivity contribution in [3.8, 4) is 5.75 Å². The highest BCUT2D eigenvalue weighted by atomic mass is 35.5. The molecule has 0 unspecified atom stereocenters. The maximum Gasteiger partial charge on any atom is 0.236 e. The molecule has 1 fully saturated rings. The summed E-state index contributed by atoms with van der Waals surface area (Å²) in [5.74, 6) is 1.73. The number of nitrogens with two attached hydrogens (primary N) is 1. The van der Waals surface area contributed by atoms with E-state index in [1.165, 1.54) is 5.56 Å². The molecule has 0 bridgehead atoms. The Labute approximate surface area is 173 Å². The number of likely N-dealkylation sites (N-methyl/N-ethyl adjacent to an activating group) is 1. The number of likely N-dealkylation sites (tertiary alicyclic amines) is 1. The maximum absolute atomic E-state index is 12.7. The number of halogens is 1. The summed E-state index contributed by atoms with van der Waals surface area (Å²) in [5.41, 5.74) is 8.39. The summed E-state index contributed by atoms with van der Waals surface area (Å²) < 4.78 is 5.26. The predicted molar refractivity (Wildman–Crippen MR) is 115 cm³/mol. The van der Waals surface area contributed by atoms with Crippen LogP contribution < -0.4 is 10.5 Å². The number of rotatable bonds is 7. The van der Waals surface area contributed by atoms with E-state index < -0.39 is 0 Å². The number of amides is 1. The molecule has 0 saturated carbocycles. The minimum atomic E-state index is 0. The molecule has 2 aromatic rings. The molecule has 1 aliphatic rings. The van der Waals surface area contributed by atoms with Gasteiger partial charge in [0.15, 0.2) is 0 Å². The molecule has 2 N–H and O–H groups in total. The Morgan fingerprint density at radius 3 is 2.61 bits per heavy atom. The van der Waals surface area contributed by atoms with Gasteiger partial charge >= 0.3 is 0 Å². The highest BCUT2D eigenvalue weighted by molar-refractivity contribution is 5.85. The van der Waals surface area contributed by atoms with Crippen LogP contribution in [0.25, 0.3) is 0 Å². The molecular weight excluding hydrogens is 374 g/mol. The number of benzene rings is 2. The highest BCUT2D eigenvalue weighted by Crippen LogP contribution is 2.31. The molecule has 152 valence electrons. The fourth-order valence-electron chi connectivity index (χ4n) is 3.85. The van der Waals surface area contributed by atoms with Crippen molar-refractivity contribution < 1.29 is 9.53 Å². The normalized spacial score (nSPS) is 19.1. The van der Waals surface area contributed by atoms with E-state index in [4.69, 9.17) is 10.5 Å². The Balaban J connectivity index is 0.00000280. The fourth-order valence-corrected chi connectivity index (χ4v) is 3.85. The van der Waals surface area contributed by atoms with Gasteiger partial charge in [0.2, 0.25) is 5.91 Å². The predicted octanol–water partition coefficient (Wildman–Crippen LogP) is 2.75. The van der Waals surface area contributed by atoms with Crippen molar-refractivity contribution in [2.45, 2.75) is 12.5 Å². The number of carbonyl (C=O) groups is 1. The smallest absolute Gasteiger partial charge is 0.236 e. The molecule has 1 heterocycles. The van der Waals surface area contributed by atoms with E-state index in [2.05, 4.69) is 29.2 Å². The largest absolute Gasteiger partial charge is 0.497 e. The van der Waals surface area contributed by atoms with Crippen LogP contribution in [0.15, 0.2) is 54.6 Å². The molecule has 1 amide bonds. The molecule has 3 rings (SSSR count). The minimum Gasteiger partial charge on any atom is -0.497 e.